The zero-order valence-corrected chi connectivity index (χ0v) is 12.6. The molecule has 21 heavy (non-hydrogen) atoms. The van der Waals surface area contributed by atoms with Crippen LogP contribution in [0.5, 0.6) is 0 Å². The molecule has 4 rings (SSSR count). The van der Waals surface area contributed by atoms with E-state index in [4.69, 9.17) is 9.72 Å². The van der Waals surface area contributed by atoms with Crippen LogP contribution in [0.1, 0.15) is 53.7 Å². The molecule has 2 aliphatic rings. The van der Waals surface area contributed by atoms with Crippen molar-refractivity contribution in [1.82, 2.24) is 20.0 Å². The summed E-state index contributed by atoms with van der Waals surface area (Å²) in [6.45, 7) is 0.648. The summed E-state index contributed by atoms with van der Waals surface area (Å²) in [5, 5.41) is 18.7. The maximum absolute atomic E-state index is 9.51. The summed E-state index contributed by atoms with van der Waals surface area (Å²) in [6, 6.07) is 0. The Balaban J connectivity index is 1.77. The lowest BCUT2D eigenvalue weighted by atomic mass is 10.0. The van der Waals surface area contributed by atoms with Crippen molar-refractivity contribution in [3.63, 3.8) is 0 Å². The second-order valence-corrected chi connectivity index (χ2v) is 6.63. The van der Waals surface area contributed by atoms with Gasteiger partial charge in [-0.25, -0.2) is 4.98 Å². The predicted molar refractivity (Wildman–Crippen MR) is 77.5 cm³/mol. The molecule has 1 aliphatic carbocycles. The second-order valence-electron chi connectivity index (χ2n) is 5.57. The Morgan fingerprint density at radius 3 is 2.95 bits per heavy atom. The van der Waals surface area contributed by atoms with Crippen molar-refractivity contribution in [3.05, 3.63) is 22.0 Å². The summed E-state index contributed by atoms with van der Waals surface area (Å²) in [4.78, 5) is 6.11. The van der Waals surface area contributed by atoms with E-state index in [9.17, 15) is 5.11 Å². The van der Waals surface area contributed by atoms with Crippen LogP contribution in [0.2, 0.25) is 0 Å². The van der Waals surface area contributed by atoms with Crippen LogP contribution < -0.4 is 0 Å². The normalized spacial score (nSPS) is 21.7. The zero-order valence-electron chi connectivity index (χ0n) is 11.8. The van der Waals surface area contributed by atoms with Gasteiger partial charge in [0, 0.05) is 11.5 Å². The van der Waals surface area contributed by atoms with Crippen LogP contribution in [0.3, 0.4) is 0 Å². The number of thiazole rings is 1. The average molecular weight is 306 g/mol. The summed E-state index contributed by atoms with van der Waals surface area (Å²) >= 11 is 1.70. The number of aliphatic hydroxyl groups is 1. The van der Waals surface area contributed by atoms with Crippen LogP contribution in [0.15, 0.2) is 0 Å². The number of hydrogen-bond donors (Lipinski definition) is 1. The number of aliphatic hydroxyl groups excluding tert-OH is 1. The van der Waals surface area contributed by atoms with Gasteiger partial charge in [0.2, 0.25) is 5.13 Å². The van der Waals surface area contributed by atoms with E-state index in [1.54, 1.807) is 16.0 Å². The highest BCUT2D eigenvalue weighted by Crippen LogP contribution is 2.34. The fraction of sp³-hybridized carbons (Fsp3) is 0.643. The van der Waals surface area contributed by atoms with E-state index in [-0.39, 0.29) is 12.7 Å². The Bertz CT molecular complexity index is 622. The van der Waals surface area contributed by atoms with Crippen molar-refractivity contribution < 1.29 is 9.84 Å². The second kappa shape index (κ2) is 5.47. The molecule has 7 heteroatoms. The molecular formula is C14H18N4O2S. The molecule has 0 aromatic carbocycles. The molecule has 0 bridgehead atoms. The minimum Gasteiger partial charge on any atom is -0.390 e. The predicted octanol–water partition coefficient (Wildman–Crippen LogP) is 1.95. The summed E-state index contributed by atoms with van der Waals surface area (Å²) < 4.78 is 7.55. The third-order valence-corrected chi connectivity index (χ3v) is 5.31. The van der Waals surface area contributed by atoms with Gasteiger partial charge in [0.25, 0.3) is 0 Å². The Labute approximate surface area is 126 Å². The van der Waals surface area contributed by atoms with Crippen molar-refractivity contribution in [2.45, 2.75) is 51.2 Å². The summed E-state index contributed by atoms with van der Waals surface area (Å²) in [6.07, 6.45) is 6.59. The van der Waals surface area contributed by atoms with E-state index in [2.05, 4.69) is 10.3 Å². The van der Waals surface area contributed by atoms with Crippen molar-refractivity contribution in [1.29, 1.82) is 0 Å². The van der Waals surface area contributed by atoms with E-state index in [0.29, 0.717) is 5.69 Å². The fourth-order valence-electron chi connectivity index (χ4n) is 3.12. The van der Waals surface area contributed by atoms with Crippen LogP contribution >= 0.6 is 11.3 Å². The third kappa shape index (κ3) is 2.29. The number of fused-ring (bicyclic) bond motifs is 1. The largest absolute Gasteiger partial charge is 0.390 e. The van der Waals surface area contributed by atoms with E-state index in [1.807, 2.05) is 0 Å². The van der Waals surface area contributed by atoms with E-state index >= 15 is 0 Å². The van der Waals surface area contributed by atoms with Gasteiger partial charge in [0.15, 0.2) is 0 Å². The SMILES string of the molecule is OCc1nnn(-c2nc3c(s2)CCCC3)c1C1CCCO1. The minimum atomic E-state index is -0.111. The van der Waals surface area contributed by atoms with Gasteiger partial charge in [-0.1, -0.05) is 16.6 Å². The molecule has 1 fully saturated rings. The van der Waals surface area contributed by atoms with E-state index in [1.165, 1.54) is 23.4 Å². The van der Waals surface area contributed by atoms with E-state index < -0.39 is 0 Å². The topological polar surface area (TPSA) is 73.1 Å². The first-order chi connectivity index (χ1) is 10.4. The number of hydrogen-bond acceptors (Lipinski definition) is 6. The average Bonchev–Trinajstić information content (AvgIpc) is 3.23. The number of aromatic nitrogens is 4. The highest BCUT2D eigenvalue weighted by Gasteiger charge is 2.28. The maximum Gasteiger partial charge on any atom is 0.212 e. The van der Waals surface area contributed by atoms with Gasteiger partial charge in [0.05, 0.1) is 12.3 Å². The first kappa shape index (κ1) is 13.4. The summed E-state index contributed by atoms with van der Waals surface area (Å²) in [7, 11) is 0. The fourth-order valence-corrected chi connectivity index (χ4v) is 4.23. The molecule has 1 saturated heterocycles. The van der Waals surface area contributed by atoms with Gasteiger partial charge in [-0.2, -0.15) is 4.68 Å². The monoisotopic (exact) mass is 306 g/mol. The Kier molecular flexibility index (Phi) is 3.48. The Hall–Kier alpha value is -1.31. The molecule has 0 saturated carbocycles. The summed E-state index contributed by atoms with van der Waals surface area (Å²) in [5.41, 5.74) is 2.69. The highest BCUT2D eigenvalue weighted by molar-refractivity contribution is 7.14. The van der Waals surface area contributed by atoms with Gasteiger partial charge >= 0.3 is 0 Å². The standard InChI is InChI=1S/C14H18N4O2S/c19-8-10-13(11-5-3-7-20-11)18(17-16-10)14-15-9-4-1-2-6-12(9)21-14/h11,19H,1-8H2. The maximum atomic E-state index is 9.51. The van der Waals surface area contributed by atoms with Crippen molar-refractivity contribution in [3.8, 4) is 5.13 Å². The molecule has 6 nitrogen and oxygen atoms in total. The molecule has 1 atom stereocenters. The van der Waals surface area contributed by atoms with Gasteiger partial charge in [-0.15, -0.1) is 5.10 Å². The van der Waals surface area contributed by atoms with Crippen molar-refractivity contribution >= 4 is 11.3 Å². The Morgan fingerprint density at radius 2 is 2.19 bits per heavy atom. The lowest BCUT2D eigenvalue weighted by Crippen LogP contribution is -2.09. The smallest absolute Gasteiger partial charge is 0.212 e. The van der Waals surface area contributed by atoms with Gasteiger partial charge in [-0.05, 0) is 38.5 Å². The van der Waals surface area contributed by atoms with E-state index in [0.717, 1.165) is 43.1 Å². The molecule has 112 valence electrons. The number of ether oxygens (including phenoxy) is 1. The van der Waals surface area contributed by atoms with Crippen LogP contribution in [-0.2, 0) is 24.2 Å². The summed E-state index contributed by atoms with van der Waals surface area (Å²) in [5.74, 6) is 0. The van der Waals surface area contributed by atoms with Gasteiger partial charge in [-0.3, -0.25) is 0 Å². The van der Waals surface area contributed by atoms with Crippen LogP contribution in [0.25, 0.3) is 5.13 Å². The molecule has 0 spiro atoms. The molecule has 2 aromatic rings. The lowest BCUT2D eigenvalue weighted by molar-refractivity contribution is 0.104. The van der Waals surface area contributed by atoms with Gasteiger partial charge < -0.3 is 9.84 Å². The van der Waals surface area contributed by atoms with Crippen LogP contribution in [0.4, 0.5) is 0 Å². The molecule has 1 unspecified atom stereocenters. The Morgan fingerprint density at radius 1 is 1.29 bits per heavy atom. The number of nitrogens with zero attached hydrogens (tertiary/aromatic N) is 4. The molecule has 0 amide bonds. The minimum absolute atomic E-state index is 0.0249. The molecule has 1 aliphatic heterocycles. The zero-order chi connectivity index (χ0) is 14.2. The molecule has 2 aromatic heterocycles. The lowest BCUT2D eigenvalue weighted by Gasteiger charge is -2.11. The molecule has 3 heterocycles. The molecular weight excluding hydrogens is 288 g/mol. The van der Waals surface area contributed by atoms with Gasteiger partial charge in [0.1, 0.15) is 17.5 Å². The molecule has 0 radical (unpaired) electrons. The van der Waals surface area contributed by atoms with Crippen LogP contribution in [-0.4, -0.2) is 31.7 Å². The first-order valence-electron chi connectivity index (χ1n) is 7.52. The van der Waals surface area contributed by atoms with Crippen molar-refractivity contribution in [2.75, 3.05) is 6.61 Å². The highest BCUT2D eigenvalue weighted by atomic mass is 32.1. The number of rotatable bonds is 3. The van der Waals surface area contributed by atoms with Crippen molar-refractivity contribution in [2.24, 2.45) is 0 Å². The first-order valence-corrected chi connectivity index (χ1v) is 8.34. The van der Waals surface area contributed by atoms with Crippen LogP contribution in [0, 0.1) is 0 Å². The third-order valence-electron chi connectivity index (χ3n) is 4.18. The number of aryl methyl sites for hydroxylation is 2. The quantitative estimate of drug-likeness (QED) is 0.938. The molecule has 1 N–H and O–H groups in total.